The number of benzene rings is 2. The maximum absolute atomic E-state index is 13.3. The standard InChI is InChI=1S/C17H14FIN2/c1-20-17(14-7-6-13(18)10-15(14)19)12-5-4-11-3-2-8-21-16(11)9-12/h2-10,17,20H,1H3. The summed E-state index contributed by atoms with van der Waals surface area (Å²) in [4.78, 5) is 4.40. The van der Waals surface area contributed by atoms with Crippen LogP contribution < -0.4 is 5.32 Å². The zero-order valence-electron chi connectivity index (χ0n) is 11.5. The highest BCUT2D eigenvalue weighted by molar-refractivity contribution is 14.1. The van der Waals surface area contributed by atoms with E-state index in [0.717, 1.165) is 25.6 Å². The van der Waals surface area contributed by atoms with Crippen LogP contribution >= 0.6 is 22.6 Å². The normalized spacial score (nSPS) is 12.5. The van der Waals surface area contributed by atoms with Gasteiger partial charge in [-0.3, -0.25) is 4.98 Å². The maximum atomic E-state index is 13.3. The first-order valence-corrected chi connectivity index (χ1v) is 7.74. The van der Waals surface area contributed by atoms with Crippen molar-refractivity contribution >= 4 is 33.5 Å². The third kappa shape index (κ3) is 2.91. The molecule has 2 nitrogen and oxygen atoms in total. The van der Waals surface area contributed by atoms with E-state index in [9.17, 15) is 4.39 Å². The molecule has 106 valence electrons. The van der Waals surface area contributed by atoms with Gasteiger partial charge in [0.2, 0.25) is 0 Å². The largest absolute Gasteiger partial charge is 0.309 e. The van der Waals surface area contributed by atoms with Gasteiger partial charge in [0, 0.05) is 15.2 Å². The number of hydrogen-bond acceptors (Lipinski definition) is 2. The number of aromatic nitrogens is 1. The number of halogens is 2. The fourth-order valence-electron chi connectivity index (χ4n) is 2.50. The molecule has 0 amide bonds. The Hall–Kier alpha value is -1.53. The molecule has 0 saturated heterocycles. The summed E-state index contributed by atoms with van der Waals surface area (Å²) < 4.78 is 14.2. The van der Waals surface area contributed by atoms with Crippen LogP contribution in [0.1, 0.15) is 17.2 Å². The molecule has 0 radical (unpaired) electrons. The predicted octanol–water partition coefficient (Wildman–Crippen LogP) is 4.29. The zero-order valence-corrected chi connectivity index (χ0v) is 13.6. The predicted molar refractivity (Wildman–Crippen MR) is 91.8 cm³/mol. The quantitative estimate of drug-likeness (QED) is 0.673. The molecule has 3 rings (SSSR count). The van der Waals surface area contributed by atoms with Gasteiger partial charge in [-0.1, -0.05) is 24.3 Å². The Labute approximate surface area is 136 Å². The van der Waals surface area contributed by atoms with Gasteiger partial charge in [0.25, 0.3) is 0 Å². The Bertz CT molecular complexity index is 789. The second-order valence-electron chi connectivity index (χ2n) is 4.84. The summed E-state index contributed by atoms with van der Waals surface area (Å²) in [6.45, 7) is 0. The summed E-state index contributed by atoms with van der Waals surface area (Å²) >= 11 is 2.17. The molecule has 1 unspecified atom stereocenters. The first-order chi connectivity index (χ1) is 10.2. The number of nitrogens with zero attached hydrogens (tertiary/aromatic N) is 1. The minimum atomic E-state index is -0.210. The number of pyridine rings is 1. The van der Waals surface area contributed by atoms with Crippen LogP contribution in [0.3, 0.4) is 0 Å². The molecule has 1 aromatic heterocycles. The number of nitrogens with one attached hydrogen (secondary N) is 1. The molecule has 0 aliphatic rings. The maximum Gasteiger partial charge on any atom is 0.124 e. The van der Waals surface area contributed by atoms with Crippen molar-refractivity contribution in [1.29, 1.82) is 0 Å². The SMILES string of the molecule is CNC(c1ccc2cccnc2c1)c1ccc(F)cc1I. The van der Waals surface area contributed by atoms with Crippen molar-refractivity contribution in [3.05, 3.63) is 75.2 Å². The molecule has 2 aromatic carbocycles. The molecule has 4 heteroatoms. The second kappa shape index (κ2) is 6.07. The molecular weight excluding hydrogens is 378 g/mol. The Morgan fingerprint density at radius 2 is 2.00 bits per heavy atom. The van der Waals surface area contributed by atoms with Gasteiger partial charge in [-0.2, -0.15) is 0 Å². The summed E-state index contributed by atoms with van der Waals surface area (Å²) in [5.41, 5.74) is 3.15. The van der Waals surface area contributed by atoms with Crippen LogP contribution in [0.25, 0.3) is 10.9 Å². The highest BCUT2D eigenvalue weighted by Crippen LogP contribution is 2.28. The smallest absolute Gasteiger partial charge is 0.124 e. The van der Waals surface area contributed by atoms with Gasteiger partial charge in [-0.05, 0) is 65.0 Å². The van der Waals surface area contributed by atoms with Gasteiger partial charge in [-0.25, -0.2) is 4.39 Å². The first kappa shape index (κ1) is 14.4. The fraction of sp³-hybridized carbons (Fsp3) is 0.118. The van der Waals surface area contributed by atoms with Crippen LogP contribution in [0, 0.1) is 9.39 Å². The minimum Gasteiger partial charge on any atom is -0.309 e. The monoisotopic (exact) mass is 392 g/mol. The van der Waals surface area contributed by atoms with Crippen LogP contribution in [-0.2, 0) is 0 Å². The molecule has 0 bridgehead atoms. The second-order valence-corrected chi connectivity index (χ2v) is 6.01. The molecule has 0 fully saturated rings. The lowest BCUT2D eigenvalue weighted by atomic mass is 9.97. The Kier molecular flexibility index (Phi) is 4.17. The molecule has 3 aromatic rings. The summed E-state index contributed by atoms with van der Waals surface area (Å²) in [6.07, 6.45) is 1.79. The van der Waals surface area contributed by atoms with E-state index >= 15 is 0 Å². The van der Waals surface area contributed by atoms with Gasteiger partial charge in [-0.15, -0.1) is 0 Å². The average Bonchev–Trinajstić information content (AvgIpc) is 2.50. The van der Waals surface area contributed by atoms with E-state index in [2.05, 4.69) is 51.1 Å². The Morgan fingerprint density at radius 3 is 2.76 bits per heavy atom. The molecule has 0 saturated carbocycles. The van der Waals surface area contributed by atoms with E-state index in [1.54, 1.807) is 12.3 Å². The molecule has 0 aliphatic heterocycles. The number of fused-ring (bicyclic) bond motifs is 1. The molecule has 21 heavy (non-hydrogen) atoms. The molecule has 1 heterocycles. The average molecular weight is 392 g/mol. The summed E-state index contributed by atoms with van der Waals surface area (Å²) in [5.74, 6) is -0.210. The van der Waals surface area contributed by atoms with Crippen LogP contribution in [0.4, 0.5) is 4.39 Å². The van der Waals surface area contributed by atoms with Crippen molar-refractivity contribution in [3.63, 3.8) is 0 Å². The van der Waals surface area contributed by atoms with Crippen LogP contribution in [-0.4, -0.2) is 12.0 Å². The van der Waals surface area contributed by atoms with Gasteiger partial charge >= 0.3 is 0 Å². The van der Waals surface area contributed by atoms with Gasteiger partial charge in [0.1, 0.15) is 5.82 Å². The first-order valence-electron chi connectivity index (χ1n) is 6.66. The highest BCUT2D eigenvalue weighted by Gasteiger charge is 2.15. The van der Waals surface area contributed by atoms with E-state index in [4.69, 9.17) is 0 Å². The molecule has 0 spiro atoms. The van der Waals surface area contributed by atoms with E-state index in [1.807, 2.05) is 25.2 Å². The Balaban J connectivity index is 2.09. The van der Waals surface area contributed by atoms with E-state index < -0.39 is 0 Å². The third-order valence-electron chi connectivity index (χ3n) is 3.53. The third-order valence-corrected chi connectivity index (χ3v) is 4.46. The summed E-state index contributed by atoms with van der Waals surface area (Å²) in [7, 11) is 1.91. The highest BCUT2D eigenvalue weighted by atomic mass is 127. The molecule has 1 N–H and O–H groups in total. The number of hydrogen-bond donors (Lipinski definition) is 1. The summed E-state index contributed by atoms with van der Waals surface area (Å²) in [6, 6.07) is 15.1. The van der Waals surface area contributed by atoms with Crippen molar-refractivity contribution < 1.29 is 4.39 Å². The van der Waals surface area contributed by atoms with E-state index in [1.165, 1.54) is 6.07 Å². The van der Waals surface area contributed by atoms with E-state index in [0.29, 0.717) is 0 Å². The van der Waals surface area contributed by atoms with Crippen molar-refractivity contribution in [2.75, 3.05) is 7.05 Å². The van der Waals surface area contributed by atoms with E-state index in [-0.39, 0.29) is 11.9 Å². The lowest BCUT2D eigenvalue weighted by molar-refractivity contribution is 0.621. The Morgan fingerprint density at radius 1 is 1.14 bits per heavy atom. The lowest BCUT2D eigenvalue weighted by Gasteiger charge is -2.19. The van der Waals surface area contributed by atoms with Crippen LogP contribution in [0.15, 0.2) is 54.7 Å². The lowest BCUT2D eigenvalue weighted by Crippen LogP contribution is -2.18. The fourth-order valence-corrected chi connectivity index (χ4v) is 3.29. The molecule has 0 aliphatic carbocycles. The number of rotatable bonds is 3. The van der Waals surface area contributed by atoms with Crippen molar-refractivity contribution in [3.8, 4) is 0 Å². The van der Waals surface area contributed by atoms with Crippen molar-refractivity contribution in [1.82, 2.24) is 10.3 Å². The van der Waals surface area contributed by atoms with Gasteiger partial charge in [0.05, 0.1) is 11.6 Å². The molecule has 1 atom stereocenters. The van der Waals surface area contributed by atoms with Crippen molar-refractivity contribution in [2.24, 2.45) is 0 Å². The summed E-state index contributed by atoms with van der Waals surface area (Å²) in [5, 5.41) is 4.42. The molecular formula is C17H14FIN2. The minimum absolute atomic E-state index is 0.0175. The van der Waals surface area contributed by atoms with Crippen LogP contribution in [0.5, 0.6) is 0 Å². The topological polar surface area (TPSA) is 24.9 Å². The van der Waals surface area contributed by atoms with Crippen LogP contribution in [0.2, 0.25) is 0 Å². The van der Waals surface area contributed by atoms with Gasteiger partial charge < -0.3 is 5.32 Å². The zero-order chi connectivity index (χ0) is 14.8. The van der Waals surface area contributed by atoms with Gasteiger partial charge in [0.15, 0.2) is 0 Å². The van der Waals surface area contributed by atoms with Crippen molar-refractivity contribution in [2.45, 2.75) is 6.04 Å².